The molecule has 0 aliphatic rings. The highest BCUT2D eigenvalue weighted by Crippen LogP contribution is 2.20. The average Bonchev–Trinajstić information content (AvgIpc) is 3.14. The van der Waals surface area contributed by atoms with Crippen molar-refractivity contribution in [3.05, 3.63) is 82.0 Å². The van der Waals surface area contributed by atoms with E-state index < -0.39 is 5.97 Å². The lowest BCUT2D eigenvalue weighted by molar-refractivity contribution is 0.0432. The monoisotopic (exact) mass is 361 g/mol. The summed E-state index contributed by atoms with van der Waals surface area (Å²) in [6, 6.07) is 15.9. The number of nitrogens with one attached hydrogen (secondary N) is 1. The molecule has 2 aromatic heterocycles. The van der Waals surface area contributed by atoms with Crippen LogP contribution in [0, 0.1) is 6.92 Å². The summed E-state index contributed by atoms with van der Waals surface area (Å²) < 4.78 is 10.4. The van der Waals surface area contributed by atoms with Crippen molar-refractivity contribution in [3.8, 4) is 11.4 Å². The van der Waals surface area contributed by atoms with Crippen LogP contribution in [-0.4, -0.2) is 21.1 Å². The fourth-order valence-corrected chi connectivity index (χ4v) is 2.83. The van der Waals surface area contributed by atoms with E-state index in [1.54, 1.807) is 24.3 Å². The number of benzene rings is 2. The maximum Gasteiger partial charge on any atom is 0.339 e. The molecular weight excluding hydrogens is 346 g/mol. The van der Waals surface area contributed by atoms with E-state index in [2.05, 4.69) is 15.1 Å². The number of hydrogen-bond acceptors (Lipinski definition) is 6. The number of carbonyl (C=O) groups is 1. The highest BCUT2D eigenvalue weighted by molar-refractivity contribution is 6.03. The second kappa shape index (κ2) is 6.87. The molecule has 0 fully saturated rings. The molecule has 0 radical (unpaired) electrons. The van der Waals surface area contributed by atoms with E-state index in [0.717, 1.165) is 11.1 Å². The van der Waals surface area contributed by atoms with Crippen LogP contribution in [0.2, 0.25) is 0 Å². The molecule has 0 amide bonds. The summed E-state index contributed by atoms with van der Waals surface area (Å²) in [5, 5.41) is 4.53. The van der Waals surface area contributed by atoms with Crippen molar-refractivity contribution in [3.63, 3.8) is 0 Å². The lowest BCUT2D eigenvalue weighted by Gasteiger charge is -2.05. The zero-order chi connectivity index (χ0) is 18.8. The number of para-hydroxylation sites is 1. The Bertz CT molecular complexity index is 1190. The normalized spacial score (nSPS) is 10.9. The second-order valence-corrected chi connectivity index (χ2v) is 6.00. The van der Waals surface area contributed by atoms with E-state index in [-0.39, 0.29) is 23.6 Å². The predicted octanol–water partition coefficient (Wildman–Crippen LogP) is 3.24. The number of H-pyrrole nitrogens is 1. The third-order valence-electron chi connectivity index (χ3n) is 4.15. The van der Waals surface area contributed by atoms with Crippen molar-refractivity contribution >= 4 is 16.9 Å². The Morgan fingerprint density at radius 2 is 1.93 bits per heavy atom. The van der Waals surface area contributed by atoms with Gasteiger partial charge in [-0.05, 0) is 18.6 Å². The van der Waals surface area contributed by atoms with Crippen molar-refractivity contribution in [2.24, 2.45) is 0 Å². The van der Waals surface area contributed by atoms with Gasteiger partial charge in [-0.15, -0.1) is 0 Å². The van der Waals surface area contributed by atoms with Gasteiger partial charge in [0.15, 0.2) is 6.61 Å². The molecule has 1 N–H and O–H groups in total. The van der Waals surface area contributed by atoms with Crippen LogP contribution in [0.3, 0.4) is 0 Å². The van der Waals surface area contributed by atoms with Crippen LogP contribution in [0.1, 0.15) is 21.8 Å². The van der Waals surface area contributed by atoms with Crippen LogP contribution in [-0.2, 0) is 11.3 Å². The highest BCUT2D eigenvalue weighted by atomic mass is 16.6. The van der Waals surface area contributed by atoms with E-state index in [4.69, 9.17) is 9.26 Å². The topological polar surface area (TPSA) is 98.1 Å². The summed E-state index contributed by atoms with van der Waals surface area (Å²) >= 11 is 0. The number of aromatic amines is 1. The summed E-state index contributed by atoms with van der Waals surface area (Å²) in [5.74, 6) is -0.0237. The minimum atomic E-state index is -0.632. The van der Waals surface area contributed by atoms with Gasteiger partial charge in [-0.25, -0.2) is 4.79 Å². The molecule has 7 heteroatoms. The first kappa shape index (κ1) is 16.7. The molecule has 2 aromatic carbocycles. The Hall–Kier alpha value is -3.74. The van der Waals surface area contributed by atoms with E-state index in [1.807, 2.05) is 31.2 Å². The van der Waals surface area contributed by atoms with Gasteiger partial charge in [-0.2, -0.15) is 4.98 Å². The Morgan fingerprint density at radius 1 is 1.15 bits per heavy atom. The summed E-state index contributed by atoms with van der Waals surface area (Å²) in [4.78, 5) is 31.2. The molecule has 4 aromatic rings. The maximum atomic E-state index is 12.5. The zero-order valence-electron chi connectivity index (χ0n) is 14.4. The van der Waals surface area contributed by atoms with Gasteiger partial charge < -0.3 is 14.2 Å². The average molecular weight is 361 g/mol. The van der Waals surface area contributed by atoms with Crippen LogP contribution in [0.15, 0.2) is 63.9 Å². The van der Waals surface area contributed by atoms with Gasteiger partial charge in [0.25, 0.3) is 5.89 Å². The third kappa shape index (κ3) is 3.35. The number of pyridine rings is 1. The largest absolute Gasteiger partial charge is 0.452 e. The predicted molar refractivity (Wildman–Crippen MR) is 98.2 cm³/mol. The lowest BCUT2D eigenvalue weighted by Crippen LogP contribution is -2.13. The van der Waals surface area contributed by atoms with E-state index >= 15 is 0 Å². The summed E-state index contributed by atoms with van der Waals surface area (Å²) in [5.41, 5.74) is 2.24. The molecule has 0 saturated carbocycles. The number of carbonyl (C=O) groups excluding carboxylic acids is 1. The standard InChI is InChI=1S/C20H15N3O4/c1-12-6-2-3-7-13(12)19-22-18(27-23-19)11-26-20(25)15-10-17(24)21-16-9-5-4-8-14(15)16/h2-10H,11H2,1H3,(H,21,24). The first-order valence-electron chi connectivity index (χ1n) is 8.29. The molecule has 0 unspecified atom stereocenters. The second-order valence-electron chi connectivity index (χ2n) is 6.00. The number of hydrogen-bond donors (Lipinski definition) is 1. The molecule has 0 bridgehead atoms. The van der Waals surface area contributed by atoms with E-state index in [9.17, 15) is 9.59 Å². The van der Waals surface area contributed by atoms with Gasteiger partial charge in [0.05, 0.1) is 5.56 Å². The highest BCUT2D eigenvalue weighted by Gasteiger charge is 2.16. The molecular formula is C20H15N3O4. The van der Waals surface area contributed by atoms with Crippen molar-refractivity contribution < 1.29 is 14.1 Å². The van der Waals surface area contributed by atoms with Crippen LogP contribution in [0.25, 0.3) is 22.3 Å². The van der Waals surface area contributed by atoms with Crippen LogP contribution >= 0.6 is 0 Å². The Kier molecular flexibility index (Phi) is 4.25. The fraction of sp³-hybridized carbons (Fsp3) is 0.100. The quantitative estimate of drug-likeness (QED) is 0.560. The molecule has 4 rings (SSSR count). The van der Waals surface area contributed by atoms with Gasteiger partial charge >= 0.3 is 5.97 Å². The van der Waals surface area contributed by atoms with Gasteiger partial charge in [0, 0.05) is 22.5 Å². The van der Waals surface area contributed by atoms with Crippen molar-refractivity contribution in [1.82, 2.24) is 15.1 Å². The van der Waals surface area contributed by atoms with Gasteiger partial charge in [-0.1, -0.05) is 47.6 Å². The maximum absolute atomic E-state index is 12.5. The van der Waals surface area contributed by atoms with Gasteiger partial charge in [-0.3, -0.25) is 4.79 Å². The number of ether oxygens (including phenoxy) is 1. The number of rotatable bonds is 4. The fourth-order valence-electron chi connectivity index (χ4n) is 2.83. The molecule has 7 nitrogen and oxygen atoms in total. The molecule has 134 valence electrons. The van der Waals surface area contributed by atoms with E-state index in [0.29, 0.717) is 16.7 Å². The van der Waals surface area contributed by atoms with Crippen molar-refractivity contribution in [2.75, 3.05) is 0 Å². The molecule has 2 heterocycles. The van der Waals surface area contributed by atoms with Gasteiger partial charge in [0.2, 0.25) is 11.4 Å². The van der Waals surface area contributed by atoms with Crippen LogP contribution in [0.5, 0.6) is 0 Å². The molecule has 0 spiro atoms. The smallest absolute Gasteiger partial charge is 0.339 e. The summed E-state index contributed by atoms with van der Waals surface area (Å²) in [7, 11) is 0. The number of aryl methyl sites for hydroxylation is 1. The number of esters is 1. The number of fused-ring (bicyclic) bond motifs is 1. The minimum absolute atomic E-state index is 0.177. The lowest BCUT2D eigenvalue weighted by atomic mass is 10.1. The SMILES string of the molecule is Cc1ccccc1-c1noc(COC(=O)c2cc(=O)[nH]c3ccccc23)n1. The Labute approximate surface area is 153 Å². The number of aromatic nitrogens is 3. The minimum Gasteiger partial charge on any atom is -0.452 e. The van der Waals surface area contributed by atoms with Gasteiger partial charge in [0.1, 0.15) is 0 Å². The van der Waals surface area contributed by atoms with E-state index in [1.165, 1.54) is 6.07 Å². The summed E-state index contributed by atoms with van der Waals surface area (Å²) in [6.07, 6.45) is 0. The van der Waals surface area contributed by atoms with Crippen molar-refractivity contribution in [1.29, 1.82) is 0 Å². The van der Waals surface area contributed by atoms with Crippen LogP contribution in [0.4, 0.5) is 0 Å². The third-order valence-corrected chi connectivity index (χ3v) is 4.15. The molecule has 0 aliphatic carbocycles. The molecule has 0 saturated heterocycles. The van der Waals surface area contributed by atoms with Crippen LogP contribution < -0.4 is 5.56 Å². The molecule has 27 heavy (non-hydrogen) atoms. The summed E-state index contributed by atoms with van der Waals surface area (Å²) in [6.45, 7) is 1.77. The first-order chi connectivity index (χ1) is 13.1. The Morgan fingerprint density at radius 3 is 2.78 bits per heavy atom. The number of nitrogens with zero attached hydrogens (tertiary/aromatic N) is 2. The first-order valence-corrected chi connectivity index (χ1v) is 8.29. The Balaban J connectivity index is 1.54. The molecule has 0 atom stereocenters. The molecule has 0 aliphatic heterocycles. The van der Waals surface area contributed by atoms with Crippen molar-refractivity contribution in [2.45, 2.75) is 13.5 Å². The zero-order valence-corrected chi connectivity index (χ0v) is 14.4.